The molecule has 94 valence electrons. The van der Waals surface area contributed by atoms with Gasteiger partial charge in [0.2, 0.25) is 0 Å². The van der Waals surface area contributed by atoms with Crippen molar-refractivity contribution in [2.45, 2.75) is 38.1 Å². The summed E-state index contributed by atoms with van der Waals surface area (Å²) >= 11 is 3.39. The zero-order valence-electron chi connectivity index (χ0n) is 10.4. The number of hydrogen-bond donors (Lipinski definition) is 0. The van der Waals surface area contributed by atoms with Crippen LogP contribution in [0.5, 0.6) is 0 Å². The van der Waals surface area contributed by atoms with Gasteiger partial charge in [0.1, 0.15) is 5.82 Å². The van der Waals surface area contributed by atoms with Crippen LogP contribution in [-0.2, 0) is 5.33 Å². The molecule has 0 aliphatic heterocycles. The van der Waals surface area contributed by atoms with Gasteiger partial charge in [0.05, 0.1) is 0 Å². The number of nitrogens with zero attached hydrogens (tertiary/aromatic N) is 1. The molecule has 0 atom stereocenters. The molecule has 0 spiro atoms. The molecule has 1 aromatic rings. The van der Waals surface area contributed by atoms with Crippen LogP contribution in [0, 0.1) is 11.7 Å². The van der Waals surface area contributed by atoms with E-state index in [9.17, 15) is 4.39 Å². The monoisotopic (exact) mass is 299 g/mol. The van der Waals surface area contributed by atoms with Gasteiger partial charge < -0.3 is 4.90 Å². The van der Waals surface area contributed by atoms with Crippen LogP contribution in [0.3, 0.4) is 0 Å². The summed E-state index contributed by atoms with van der Waals surface area (Å²) in [5.74, 6) is 0.699. The van der Waals surface area contributed by atoms with Crippen molar-refractivity contribution in [3.8, 4) is 0 Å². The van der Waals surface area contributed by atoms with Crippen LogP contribution in [0.1, 0.15) is 32.3 Å². The van der Waals surface area contributed by atoms with Crippen molar-refractivity contribution in [1.29, 1.82) is 0 Å². The molecule has 3 heteroatoms. The Kier molecular flexibility index (Phi) is 4.08. The van der Waals surface area contributed by atoms with Crippen molar-refractivity contribution >= 4 is 21.6 Å². The van der Waals surface area contributed by atoms with Gasteiger partial charge in [0.25, 0.3) is 0 Å². The summed E-state index contributed by atoms with van der Waals surface area (Å²) in [6, 6.07) is 5.78. The van der Waals surface area contributed by atoms with Crippen LogP contribution in [0.4, 0.5) is 10.1 Å². The molecule has 0 amide bonds. The molecule has 1 fully saturated rings. The highest BCUT2D eigenvalue weighted by molar-refractivity contribution is 9.08. The van der Waals surface area contributed by atoms with Crippen molar-refractivity contribution in [2.75, 3.05) is 11.4 Å². The molecule has 1 nitrogen and oxygen atoms in total. The number of rotatable bonds is 5. The molecule has 17 heavy (non-hydrogen) atoms. The normalized spacial score (nSPS) is 15.4. The number of anilines is 1. The van der Waals surface area contributed by atoms with Crippen molar-refractivity contribution in [2.24, 2.45) is 5.92 Å². The van der Waals surface area contributed by atoms with Crippen LogP contribution in [0.25, 0.3) is 0 Å². The first-order chi connectivity index (χ1) is 8.13. The second-order valence-corrected chi connectivity index (χ2v) is 5.62. The maximum absolute atomic E-state index is 13.8. The zero-order chi connectivity index (χ0) is 12.4. The van der Waals surface area contributed by atoms with Crippen LogP contribution >= 0.6 is 15.9 Å². The van der Waals surface area contributed by atoms with Crippen LogP contribution < -0.4 is 4.90 Å². The molecule has 0 N–H and O–H groups in total. The Morgan fingerprint density at radius 2 is 2.12 bits per heavy atom. The lowest BCUT2D eigenvalue weighted by Gasteiger charge is -2.31. The van der Waals surface area contributed by atoms with E-state index in [0.29, 0.717) is 11.4 Å². The molecule has 1 saturated carbocycles. The topological polar surface area (TPSA) is 3.24 Å². The maximum atomic E-state index is 13.8. The predicted molar refractivity (Wildman–Crippen MR) is 74.2 cm³/mol. The van der Waals surface area contributed by atoms with Gasteiger partial charge in [-0.3, -0.25) is 0 Å². The first-order valence-electron chi connectivity index (χ1n) is 6.23. The van der Waals surface area contributed by atoms with Gasteiger partial charge in [-0.25, -0.2) is 4.39 Å². The molecule has 0 unspecified atom stereocenters. The Morgan fingerprint density at radius 1 is 1.41 bits per heavy atom. The average molecular weight is 300 g/mol. The van der Waals surface area contributed by atoms with E-state index in [1.807, 2.05) is 6.07 Å². The number of halogens is 2. The smallest absolute Gasteiger partial charge is 0.129 e. The Bertz CT molecular complexity index is 388. The SMILES string of the molecule is CC(C)N(CC1CC1)c1cccc(F)c1CBr. The van der Waals surface area contributed by atoms with Gasteiger partial charge in [-0.15, -0.1) is 0 Å². The molecule has 1 aliphatic carbocycles. The molecule has 0 saturated heterocycles. The number of alkyl halides is 1. The lowest BCUT2D eigenvalue weighted by atomic mass is 10.1. The van der Waals surface area contributed by atoms with E-state index in [-0.39, 0.29) is 5.82 Å². The summed E-state index contributed by atoms with van der Waals surface area (Å²) in [6.45, 7) is 5.40. The number of hydrogen-bond acceptors (Lipinski definition) is 1. The van der Waals surface area contributed by atoms with Crippen LogP contribution in [-0.4, -0.2) is 12.6 Å². The Labute approximate surface area is 111 Å². The molecule has 2 rings (SSSR count). The van der Waals surface area contributed by atoms with Gasteiger partial charge in [-0.2, -0.15) is 0 Å². The van der Waals surface area contributed by atoms with Crippen molar-refractivity contribution < 1.29 is 4.39 Å². The van der Waals surface area contributed by atoms with E-state index >= 15 is 0 Å². The van der Waals surface area contributed by atoms with Gasteiger partial charge in [-0.05, 0) is 44.7 Å². The number of benzene rings is 1. The van der Waals surface area contributed by atoms with Crippen LogP contribution in [0.2, 0.25) is 0 Å². The van der Waals surface area contributed by atoms with E-state index in [0.717, 1.165) is 23.7 Å². The van der Waals surface area contributed by atoms with E-state index in [2.05, 4.69) is 34.7 Å². The fourth-order valence-electron chi connectivity index (χ4n) is 2.11. The predicted octanol–water partition coefficient (Wildman–Crippen LogP) is 4.35. The second-order valence-electron chi connectivity index (χ2n) is 5.06. The lowest BCUT2D eigenvalue weighted by molar-refractivity contribution is 0.606. The Hall–Kier alpha value is -0.570. The van der Waals surface area contributed by atoms with Gasteiger partial charge in [0, 0.05) is 29.2 Å². The van der Waals surface area contributed by atoms with E-state index in [1.165, 1.54) is 18.9 Å². The molecule has 1 aromatic carbocycles. The van der Waals surface area contributed by atoms with E-state index in [4.69, 9.17) is 0 Å². The van der Waals surface area contributed by atoms with Gasteiger partial charge in [-0.1, -0.05) is 22.0 Å². The minimum Gasteiger partial charge on any atom is -0.368 e. The molecule has 1 aliphatic rings. The first-order valence-corrected chi connectivity index (χ1v) is 7.35. The fraction of sp³-hybridized carbons (Fsp3) is 0.571. The highest BCUT2D eigenvalue weighted by Gasteiger charge is 2.27. The second kappa shape index (κ2) is 5.38. The molecule has 0 radical (unpaired) electrons. The fourth-order valence-corrected chi connectivity index (χ4v) is 2.67. The van der Waals surface area contributed by atoms with Crippen LogP contribution in [0.15, 0.2) is 18.2 Å². The molecular formula is C14H19BrFN. The van der Waals surface area contributed by atoms with E-state index < -0.39 is 0 Å². The third-order valence-corrected chi connectivity index (χ3v) is 3.87. The summed E-state index contributed by atoms with van der Waals surface area (Å²) in [5, 5.41) is 0.572. The molecular weight excluding hydrogens is 281 g/mol. The molecule has 0 aromatic heterocycles. The van der Waals surface area contributed by atoms with Crippen molar-refractivity contribution in [3.63, 3.8) is 0 Å². The lowest BCUT2D eigenvalue weighted by Crippen LogP contribution is -2.33. The highest BCUT2D eigenvalue weighted by Crippen LogP contribution is 2.34. The Balaban J connectivity index is 2.30. The largest absolute Gasteiger partial charge is 0.368 e. The third-order valence-electron chi connectivity index (χ3n) is 3.31. The maximum Gasteiger partial charge on any atom is 0.129 e. The summed E-state index contributed by atoms with van der Waals surface area (Å²) < 4.78 is 13.8. The minimum absolute atomic E-state index is 0.110. The van der Waals surface area contributed by atoms with Crippen molar-refractivity contribution in [1.82, 2.24) is 0 Å². The standard InChI is InChI=1S/C14H19BrFN/c1-10(2)17(9-11-6-7-11)14-5-3-4-13(16)12(14)8-15/h3-5,10-11H,6-9H2,1-2H3. The highest BCUT2D eigenvalue weighted by atomic mass is 79.9. The summed E-state index contributed by atoms with van der Waals surface area (Å²) in [7, 11) is 0. The molecule has 0 heterocycles. The summed E-state index contributed by atoms with van der Waals surface area (Å²) in [5.41, 5.74) is 1.82. The molecule has 0 bridgehead atoms. The Morgan fingerprint density at radius 3 is 2.65 bits per heavy atom. The third kappa shape index (κ3) is 3.01. The average Bonchev–Trinajstić information content (AvgIpc) is 3.09. The minimum atomic E-state index is -0.110. The van der Waals surface area contributed by atoms with E-state index in [1.54, 1.807) is 6.07 Å². The van der Waals surface area contributed by atoms with Gasteiger partial charge >= 0.3 is 0 Å². The summed E-state index contributed by atoms with van der Waals surface area (Å²) in [4.78, 5) is 2.33. The summed E-state index contributed by atoms with van der Waals surface area (Å²) in [6.07, 6.45) is 2.64. The quantitative estimate of drug-likeness (QED) is 0.731. The zero-order valence-corrected chi connectivity index (χ0v) is 12.0. The first kappa shape index (κ1) is 12.9. The van der Waals surface area contributed by atoms with Crippen molar-refractivity contribution in [3.05, 3.63) is 29.6 Å². The van der Waals surface area contributed by atoms with Gasteiger partial charge in [0.15, 0.2) is 0 Å².